The van der Waals surface area contributed by atoms with Crippen LogP contribution in [0.15, 0.2) is 41.0 Å². The third-order valence-electron chi connectivity index (χ3n) is 2.83. The molecule has 0 unspecified atom stereocenters. The molecule has 3 nitrogen and oxygen atoms in total. The zero-order chi connectivity index (χ0) is 13.8. The second kappa shape index (κ2) is 6.37. The van der Waals surface area contributed by atoms with Crippen LogP contribution in [0.5, 0.6) is 0 Å². The highest BCUT2D eigenvalue weighted by atomic mass is 79.9. The number of halogens is 2. The largest absolute Gasteiger partial charge is 0.354 e. The van der Waals surface area contributed by atoms with Crippen LogP contribution in [0.1, 0.15) is 11.1 Å². The quantitative estimate of drug-likeness (QED) is 0.925. The smallest absolute Gasteiger partial charge is 0.143 e. The fourth-order valence-electron chi connectivity index (χ4n) is 1.82. The number of hydrogen-bond acceptors (Lipinski definition) is 3. The van der Waals surface area contributed by atoms with E-state index >= 15 is 0 Å². The summed E-state index contributed by atoms with van der Waals surface area (Å²) >= 11 is 9.37. The van der Waals surface area contributed by atoms with E-state index in [1.54, 1.807) is 6.20 Å². The molecule has 2 N–H and O–H groups in total. The van der Waals surface area contributed by atoms with Gasteiger partial charge in [-0.2, -0.15) is 0 Å². The van der Waals surface area contributed by atoms with Gasteiger partial charge in [0.2, 0.25) is 0 Å². The lowest BCUT2D eigenvalue weighted by atomic mass is 10.1. The summed E-state index contributed by atoms with van der Waals surface area (Å²) in [5.41, 5.74) is 7.93. The molecule has 1 aromatic heterocycles. The van der Waals surface area contributed by atoms with Crippen molar-refractivity contribution in [3.05, 3.63) is 57.2 Å². The van der Waals surface area contributed by atoms with Crippen molar-refractivity contribution in [1.82, 2.24) is 4.98 Å². The summed E-state index contributed by atoms with van der Waals surface area (Å²) in [5, 5.41) is 0.622. The standard InChI is InChI=1S/C14H15BrClN3/c1-19(14-13(15)6-12(16)8-18-14)9-11-4-2-10(7-17)3-5-11/h2-6,8H,7,9,17H2,1H3. The van der Waals surface area contributed by atoms with Crippen LogP contribution in [0, 0.1) is 0 Å². The number of aromatic nitrogens is 1. The van der Waals surface area contributed by atoms with E-state index in [2.05, 4.69) is 37.9 Å². The zero-order valence-electron chi connectivity index (χ0n) is 10.6. The third-order valence-corrected chi connectivity index (χ3v) is 3.62. The van der Waals surface area contributed by atoms with Crippen LogP contribution in [0.25, 0.3) is 0 Å². The summed E-state index contributed by atoms with van der Waals surface area (Å²) in [5.74, 6) is 0.868. The maximum absolute atomic E-state index is 5.89. The Hall–Kier alpha value is -1.10. The number of anilines is 1. The molecule has 0 spiro atoms. The third kappa shape index (κ3) is 3.69. The number of nitrogens with zero attached hydrogens (tertiary/aromatic N) is 2. The van der Waals surface area contributed by atoms with Gasteiger partial charge in [-0.25, -0.2) is 4.98 Å². The van der Waals surface area contributed by atoms with Crippen molar-refractivity contribution < 1.29 is 0 Å². The summed E-state index contributed by atoms with van der Waals surface area (Å²) in [7, 11) is 2.00. The van der Waals surface area contributed by atoms with E-state index in [1.165, 1.54) is 5.56 Å². The molecule has 1 heterocycles. The fraction of sp³-hybridized carbons (Fsp3) is 0.214. The maximum Gasteiger partial charge on any atom is 0.143 e. The number of pyridine rings is 1. The van der Waals surface area contributed by atoms with Gasteiger partial charge in [0.05, 0.1) is 9.50 Å². The molecule has 2 aromatic rings. The van der Waals surface area contributed by atoms with Crippen molar-refractivity contribution in [3.8, 4) is 0 Å². The molecule has 1 aromatic carbocycles. The van der Waals surface area contributed by atoms with Gasteiger partial charge in [0.25, 0.3) is 0 Å². The average molecular weight is 341 g/mol. The van der Waals surface area contributed by atoms with Crippen LogP contribution in [-0.4, -0.2) is 12.0 Å². The highest BCUT2D eigenvalue weighted by Crippen LogP contribution is 2.26. The first-order valence-electron chi connectivity index (χ1n) is 5.90. The summed E-state index contributed by atoms with van der Waals surface area (Å²) in [4.78, 5) is 6.40. The molecular formula is C14H15BrClN3. The minimum atomic E-state index is 0.570. The number of nitrogens with two attached hydrogens (primary N) is 1. The summed E-state index contributed by atoms with van der Waals surface area (Å²) < 4.78 is 0.890. The predicted molar refractivity (Wildman–Crippen MR) is 83.4 cm³/mol. The highest BCUT2D eigenvalue weighted by Gasteiger charge is 2.08. The molecule has 0 aliphatic heterocycles. The van der Waals surface area contributed by atoms with Crippen molar-refractivity contribution in [2.45, 2.75) is 13.1 Å². The molecule has 0 aliphatic carbocycles. The monoisotopic (exact) mass is 339 g/mol. The summed E-state index contributed by atoms with van der Waals surface area (Å²) in [6.07, 6.45) is 1.65. The summed E-state index contributed by atoms with van der Waals surface area (Å²) in [6, 6.07) is 10.1. The molecule has 0 amide bonds. The van der Waals surface area contributed by atoms with Gasteiger partial charge in [-0.05, 0) is 33.1 Å². The Balaban J connectivity index is 2.13. The summed E-state index contributed by atoms with van der Waals surface area (Å²) in [6.45, 7) is 1.35. The molecule has 0 saturated heterocycles. The first-order chi connectivity index (χ1) is 9.10. The topological polar surface area (TPSA) is 42.1 Å². The van der Waals surface area contributed by atoms with Crippen molar-refractivity contribution in [2.75, 3.05) is 11.9 Å². The second-order valence-electron chi connectivity index (χ2n) is 4.34. The Morgan fingerprint density at radius 2 is 1.89 bits per heavy atom. The molecule has 0 saturated carbocycles. The van der Waals surface area contributed by atoms with E-state index in [-0.39, 0.29) is 0 Å². The van der Waals surface area contributed by atoms with Crippen LogP contribution in [0.4, 0.5) is 5.82 Å². The van der Waals surface area contributed by atoms with Crippen LogP contribution in [0.3, 0.4) is 0 Å². The van der Waals surface area contributed by atoms with Gasteiger partial charge in [-0.15, -0.1) is 0 Å². The van der Waals surface area contributed by atoms with E-state index in [1.807, 2.05) is 25.2 Å². The second-order valence-corrected chi connectivity index (χ2v) is 5.63. The molecule has 0 radical (unpaired) electrons. The maximum atomic E-state index is 5.89. The lowest BCUT2D eigenvalue weighted by Crippen LogP contribution is -2.18. The van der Waals surface area contributed by atoms with E-state index in [0.29, 0.717) is 11.6 Å². The Morgan fingerprint density at radius 3 is 2.47 bits per heavy atom. The fourth-order valence-corrected chi connectivity index (χ4v) is 2.76. The minimum absolute atomic E-state index is 0.570. The van der Waals surface area contributed by atoms with Gasteiger partial charge in [0, 0.05) is 26.3 Å². The molecule has 0 atom stereocenters. The first kappa shape index (κ1) is 14.3. The molecule has 19 heavy (non-hydrogen) atoms. The average Bonchev–Trinajstić information content (AvgIpc) is 2.39. The van der Waals surface area contributed by atoms with Gasteiger partial charge >= 0.3 is 0 Å². The Labute approximate surface area is 126 Å². The van der Waals surface area contributed by atoms with Gasteiger partial charge in [0.1, 0.15) is 5.82 Å². The molecular weight excluding hydrogens is 326 g/mol. The lowest BCUT2D eigenvalue weighted by molar-refractivity contribution is 0.892. The SMILES string of the molecule is CN(Cc1ccc(CN)cc1)c1ncc(Cl)cc1Br. The normalized spacial score (nSPS) is 10.5. The van der Waals surface area contributed by atoms with E-state index in [0.717, 1.165) is 22.4 Å². The number of rotatable bonds is 4. The number of benzene rings is 1. The number of hydrogen-bond donors (Lipinski definition) is 1. The van der Waals surface area contributed by atoms with Crippen LogP contribution in [0.2, 0.25) is 5.02 Å². The Bertz CT molecular complexity index is 557. The van der Waals surface area contributed by atoms with Gasteiger partial charge in [0.15, 0.2) is 0 Å². The van der Waals surface area contributed by atoms with Gasteiger partial charge in [-0.3, -0.25) is 0 Å². The van der Waals surface area contributed by atoms with E-state index < -0.39 is 0 Å². The van der Waals surface area contributed by atoms with Crippen molar-refractivity contribution in [3.63, 3.8) is 0 Å². The van der Waals surface area contributed by atoms with Crippen molar-refractivity contribution in [1.29, 1.82) is 0 Å². The van der Waals surface area contributed by atoms with Gasteiger partial charge < -0.3 is 10.6 Å². The molecule has 100 valence electrons. The zero-order valence-corrected chi connectivity index (χ0v) is 12.9. The first-order valence-corrected chi connectivity index (χ1v) is 7.07. The van der Waals surface area contributed by atoms with E-state index in [9.17, 15) is 0 Å². The van der Waals surface area contributed by atoms with Crippen molar-refractivity contribution in [2.24, 2.45) is 5.73 Å². The molecule has 0 bridgehead atoms. The minimum Gasteiger partial charge on any atom is -0.354 e. The Kier molecular flexibility index (Phi) is 4.80. The van der Waals surface area contributed by atoms with E-state index in [4.69, 9.17) is 17.3 Å². The molecule has 5 heteroatoms. The van der Waals surface area contributed by atoms with Crippen LogP contribution in [-0.2, 0) is 13.1 Å². The highest BCUT2D eigenvalue weighted by molar-refractivity contribution is 9.10. The Morgan fingerprint density at radius 1 is 1.26 bits per heavy atom. The molecule has 0 fully saturated rings. The van der Waals surface area contributed by atoms with Crippen LogP contribution >= 0.6 is 27.5 Å². The molecule has 0 aliphatic rings. The van der Waals surface area contributed by atoms with Gasteiger partial charge in [-0.1, -0.05) is 35.9 Å². The lowest BCUT2D eigenvalue weighted by Gasteiger charge is -2.19. The molecule has 2 rings (SSSR count). The van der Waals surface area contributed by atoms with Crippen LogP contribution < -0.4 is 10.6 Å². The van der Waals surface area contributed by atoms with Crippen molar-refractivity contribution >= 4 is 33.3 Å². The predicted octanol–water partition coefficient (Wildman–Crippen LogP) is 3.59.